The molecule has 0 saturated carbocycles. The number of hydrogen-bond acceptors (Lipinski definition) is 4. The van der Waals surface area contributed by atoms with E-state index in [0.29, 0.717) is 5.69 Å². The van der Waals surface area contributed by atoms with Gasteiger partial charge in [-0.1, -0.05) is 20.8 Å². The molecule has 1 heterocycles. The highest BCUT2D eigenvalue weighted by Gasteiger charge is 2.41. The molecule has 0 atom stereocenters. The summed E-state index contributed by atoms with van der Waals surface area (Å²) in [5.41, 5.74) is 0.317. The summed E-state index contributed by atoms with van der Waals surface area (Å²) in [6, 6.07) is 1.58. The number of nitrogens with zero attached hydrogens (tertiary/aromatic N) is 2. The van der Waals surface area contributed by atoms with Crippen LogP contribution in [-0.4, -0.2) is 31.3 Å². The van der Waals surface area contributed by atoms with Crippen molar-refractivity contribution in [3.63, 3.8) is 0 Å². The molecule has 0 unspecified atom stereocenters. The van der Waals surface area contributed by atoms with Gasteiger partial charge in [-0.25, -0.2) is 4.79 Å². The fourth-order valence-electron chi connectivity index (χ4n) is 0.967. The number of aromatic nitrogens is 2. The molecule has 1 rings (SSSR count). The Morgan fingerprint density at radius 1 is 1.41 bits per heavy atom. The first-order valence-corrected chi connectivity index (χ1v) is 8.42. The van der Waals surface area contributed by atoms with Gasteiger partial charge < -0.3 is 9.26 Å². The van der Waals surface area contributed by atoms with Crippen LogP contribution in [0.2, 0.25) is 18.1 Å². The summed E-state index contributed by atoms with van der Waals surface area (Å²) in [5.74, 6) is -0.443. The van der Waals surface area contributed by atoms with Gasteiger partial charge in [-0.2, -0.15) is 0 Å². The van der Waals surface area contributed by atoms with Crippen molar-refractivity contribution >= 4 is 14.3 Å². The van der Waals surface area contributed by atoms with E-state index >= 15 is 0 Å². The van der Waals surface area contributed by atoms with Crippen LogP contribution in [0, 0.1) is 0 Å². The number of ether oxygens (including phenoxy) is 1. The molecule has 0 fully saturated rings. The summed E-state index contributed by atoms with van der Waals surface area (Å²) in [6.07, 6.45) is 1.53. The Bertz CT molecular complexity index is 407. The molecular formula is C11H20N2O3Si. The molecule has 1 aromatic heterocycles. The second kappa shape index (κ2) is 4.52. The highest BCUT2D eigenvalue weighted by molar-refractivity contribution is 6.74. The Morgan fingerprint density at radius 2 is 2.00 bits per heavy atom. The molecule has 0 aliphatic heterocycles. The molecule has 0 aliphatic rings. The predicted octanol–water partition coefficient (Wildman–Crippen LogP) is 2.10. The molecule has 96 valence electrons. The second-order valence-corrected chi connectivity index (χ2v) is 10.1. The van der Waals surface area contributed by atoms with Gasteiger partial charge in [0.2, 0.25) is 0 Å². The summed E-state index contributed by atoms with van der Waals surface area (Å²) in [6.45, 7) is 10.6. The van der Waals surface area contributed by atoms with E-state index < -0.39 is 14.3 Å². The lowest BCUT2D eigenvalue weighted by Crippen LogP contribution is -2.49. The van der Waals surface area contributed by atoms with Crippen molar-refractivity contribution in [1.29, 1.82) is 0 Å². The molecule has 0 amide bonds. The number of carbonyl (C=O) groups excluding carboxylic acids is 1. The second-order valence-electron chi connectivity index (χ2n) is 5.43. The molecular weight excluding hydrogens is 236 g/mol. The van der Waals surface area contributed by atoms with E-state index in [-0.39, 0.29) is 5.04 Å². The van der Waals surface area contributed by atoms with Crippen molar-refractivity contribution in [2.45, 2.75) is 38.9 Å². The Balaban J connectivity index is 2.97. The predicted molar refractivity (Wildman–Crippen MR) is 67.3 cm³/mol. The Labute approximate surface area is 103 Å². The zero-order valence-corrected chi connectivity index (χ0v) is 12.3. The molecule has 0 aliphatic carbocycles. The van der Waals surface area contributed by atoms with Gasteiger partial charge in [-0.15, -0.1) is 9.94 Å². The molecule has 5 nitrogen and oxygen atoms in total. The van der Waals surface area contributed by atoms with E-state index in [0.717, 1.165) is 0 Å². The number of carbonyl (C=O) groups is 1. The van der Waals surface area contributed by atoms with Crippen LogP contribution in [0.25, 0.3) is 0 Å². The van der Waals surface area contributed by atoms with Crippen LogP contribution in [0.1, 0.15) is 31.3 Å². The van der Waals surface area contributed by atoms with E-state index in [1.54, 1.807) is 6.07 Å². The van der Waals surface area contributed by atoms with E-state index in [2.05, 4.69) is 43.7 Å². The molecule has 0 saturated heterocycles. The molecule has 0 aromatic carbocycles. The van der Waals surface area contributed by atoms with Gasteiger partial charge in [0.1, 0.15) is 0 Å². The van der Waals surface area contributed by atoms with Gasteiger partial charge in [0.15, 0.2) is 5.69 Å². The zero-order chi connectivity index (χ0) is 13.3. The highest BCUT2D eigenvalue weighted by Crippen LogP contribution is 2.34. The van der Waals surface area contributed by atoms with Crippen LogP contribution in [0.5, 0.6) is 0 Å². The quantitative estimate of drug-likeness (QED) is 0.614. The maximum atomic E-state index is 11.5. The lowest BCUT2D eigenvalue weighted by Gasteiger charge is -2.35. The van der Waals surface area contributed by atoms with E-state index in [4.69, 9.17) is 4.53 Å². The standard InChI is InChI=1S/C11H20N2O3Si/c1-11(2,3)17(5,6)16-13-9(7-8-12-13)10(14)15-4/h7-8H,1-6H3. The Kier molecular flexibility index (Phi) is 3.66. The molecule has 17 heavy (non-hydrogen) atoms. The summed E-state index contributed by atoms with van der Waals surface area (Å²) in [5, 5.41) is 4.06. The van der Waals surface area contributed by atoms with Crippen molar-refractivity contribution in [2.75, 3.05) is 7.11 Å². The van der Waals surface area contributed by atoms with Crippen LogP contribution < -0.4 is 4.53 Å². The lowest BCUT2D eigenvalue weighted by atomic mass is 10.2. The lowest BCUT2D eigenvalue weighted by molar-refractivity contribution is 0.0556. The zero-order valence-electron chi connectivity index (χ0n) is 11.3. The van der Waals surface area contributed by atoms with Crippen LogP contribution in [-0.2, 0) is 4.74 Å². The van der Waals surface area contributed by atoms with Gasteiger partial charge in [-0.3, -0.25) is 0 Å². The van der Waals surface area contributed by atoms with Crippen LogP contribution in [0.4, 0.5) is 0 Å². The first kappa shape index (κ1) is 13.8. The Hall–Kier alpha value is -1.30. The third kappa shape index (κ3) is 2.88. The van der Waals surface area contributed by atoms with Crippen molar-refractivity contribution < 1.29 is 14.1 Å². The third-order valence-electron chi connectivity index (χ3n) is 3.13. The van der Waals surface area contributed by atoms with Gasteiger partial charge in [0.05, 0.1) is 13.3 Å². The van der Waals surface area contributed by atoms with E-state index in [9.17, 15) is 4.79 Å². The summed E-state index contributed by atoms with van der Waals surface area (Å²) in [4.78, 5) is 12.8. The minimum absolute atomic E-state index is 0.0480. The SMILES string of the molecule is COC(=O)c1ccnn1O[Si](C)(C)C(C)(C)C. The number of rotatable bonds is 3. The molecule has 1 aromatic rings. The molecule has 0 radical (unpaired) electrons. The molecule has 0 bridgehead atoms. The molecule has 6 heteroatoms. The maximum Gasteiger partial charge on any atom is 0.360 e. The van der Waals surface area contributed by atoms with Gasteiger partial charge in [0, 0.05) is 0 Å². The van der Waals surface area contributed by atoms with Crippen LogP contribution in [0.15, 0.2) is 12.3 Å². The monoisotopic (exact) mass is 256 g/mol. The Morgan fingerprint density at radius 3 is 2.47 bits per heavy atom. The van der Waals surface area contributed by atoms with Crippen LogP contribution >= 0.6 is 0 Å². The number of esters is 1. The topological polar surface area (TPSA) is 53.3 Å². The average Bonchev–Trinajstić information content (AvgIpc) is 2.62. The van der Waals surface area contributed by atoms with Crippen molar-refractivity contribution in [3.8, 4) is 0 Å². The van der Waals surface area contributed by atoms with Crippen molar-refractivity contribution in [1.82, 2.24) is 9.94 Å². The summed E-state index contributed by atoms with van der Waals surface area (Å²) >= 11 is 0. The number of methoxy groups -OCH3 is 1. The van der Waals surface area contributed by atoms with Crippen LogP contribution in [0.3, 0.4) is 0 Å². The van der Waals surface area contributed by atoms with Gasteiger partial charge in [-0.05, 0) is 24.2 Å². The third-order valence-corrected chi connectivity index (χ3v) is 7.37. The van der Waals surface area contributed by atoms with Crippen molar-refractivity contribution in [2.24, 2.45) is 0 Å². The summed E-state index contributed by atoms with van der Waals surface area (Å²) in [7, 11) is -0.667. The first-order valence-electron chi connectivity index (χ1n) is 5.51. The average molecular weight is 256 g/mol. The van der Waals surface area contributed by atoms with E-state index in [1.807, 2.05) is 0 Å². The highest BCUT2D eigenvalue weighted by atomic mass is 28.4. The van der Waals surface area contributed by atoms with Gasteiger partial charge in [0.25, 0.3) is 8.32 Å². The van der Waals surface area contributed by atoms with E-state index in [1.165, 1.54) is 18.2 Å². The fraction of sp³-hybridized carbons (Fsp3) is 0.636. The number of hydrogen-bond donors (Lipinski definition) is 0. The normalized spacial score (nSPS) is 12.4. The molecule has 0 spiro atoms. The minimum atomic E-state index is -2.01. The maximum absolute atomic E-state index is 11.5. The van der Waals surface area contributed by atoms with Crippen molar-refractivity contribution in [3.05, 3.63) is 18.0 Å². The van der Waals surface area contributed by atoms with Gasteiger partial charge >= 0.3 is 5.97 Å². The largest absolute Gasteiger partial charge is 0.464 e. The smallest absolute Gasteiger partial charge is 0.360 e. The molecule has 0 N–H and O–H groups in total. The fourth-order valence-corrected chi connectivity index (χ4v) is 1.82. The minimum Gasteiger partial charge on any atom is -0.464 e. The summed E-state index contributed by atoms with van der Waals surface area (Å²) < 4.78 is 10.6. The first-order chi connectivity index (χ1) is 7.69.